The van der Waals surface area contributed by atoms with E-state index in [4.69, 9.17) is 4.42 Å². The summed E-state index contributed by atoms with van der Waals surface area (Å²) in [6.45, 7) is 2.35. The number of carbonyl (C=O) groups is 2. The molecule has 0 saturated heterocycles. The van der Waals surface area contributed by atoms with E-state index in [9.17, 15) is 9.59 Å². The Kier molecular flexibility index (Phi) is 4.32. The van der Waals surface area contributed by atoms with Gasteiger partial charge < -0.3 is 20.4 Å². The summed E-state index contributed by atoms with van der Waals surface area (Å²) in [4.78, 5) is 23.3. The fraction of sp³-hybridized carbons (Fsp3) is 0.294. The molecule has 0 unspecified atom stereocenters. The number of anilines is 1. The fourth-order valence-corrected chi connectivity index (χ4v) is 2.58. The second-order valence-corrected chi connectivity index (χ2v) is 5.65. The number of carbonyl (C=O) groups excluding carboxylic acids is 2. The third kappa shape index (κ3) is 3.71. The lowest BCUT2D eigenvalue weighted by Gasteiger charge is -2.20. The second kappa shape index (κ2) is 6.56. The van der Waals surface area contributed by atoms with E-state index in [0.717, 1.165) is 28.8 Å². The largest absolute Gasteiger partial charge is 0.472 e. The van der Waals surface area contributed by atoms with Gasteiger partial charge in [-0.05, 0) is 36.6 Å². The van der Waals surface area contributed by atoms with Crippen molar-refractivity contribution in [3.63, 3.8) is 0 Å². The van der Waals surface area contributed by atoms with E-state index in [-0.39, 0.29) is 18.0 Å². The number of amides is 3. The Bertz CT molecular complexity index is 710. The molecule has 6 nitrogen and oxygen atoms in total. The molecule has 120 valence electrons. The summed E-state index contributed by atoms with van der Waals surface area (Å²) in [7, 11) is 0. The molecule has 0 fully saturated rings. The number of furan rings is 1. The maximum Gasteiger partial charge on any atom is 0.315 e. The average molecular weight is 313 g/mol. The van der Waals surface area contributed by atoms with Crippen LogP contribution in [0.3, 0.4) is 0 Å². The molecule has 3 amide bonds. The molecule has 1 aliphatic rings. The maximum absolute atomic E-state index is 11.9. The first-order valence-corrected chi connectivity index (χ1v) is 7.60. The van der Waals surface area contributed by atoms with E-state index >= 15 is 0 Å². The standard InChI is InChI=1S/C17H19N3O3/c1-11(19-17(22)18-9-12-6-7-23-10-12)13-2-4-15-14(8-13)3-5-16(21)20-15/h2,4,6-8,10-11H,3,5,9H2,1H3,(H,20,21)(H2,18,19,22)/t11-/m0/s1. The van der Waals surface area contributed by atoms with Crippen LogP contribution in [-0.2, 0) is 17.8 Å². The van der Waals surface area contributed by atoms with E-state index in [1.54, 1.807) is 12.5 Å². The third-order valence-electron chi connectivity index (χ3n) is 3.91. The summed E-state index contributed by atoms with van der Waals surface area (Å²) in [6.07, 6.45) is 4.41. The summed E-state index contributed by atoms with van der Waals surface area (Å²) in [5.74, 6) is 0.0510. The molecule has 3 N–H and O–H groups in total. The zero-order valence-electron chi connectivity index (χ0n) is 12.9. The van der Waals surface area contributed by atoms with Crippen LogP contribution in [0.5, 0.6) is 0 Å². The smallest absolute Gasteiger partial charge is 0.315 e. The number of urea groups is 1. The van der Waals surface area contributed by atoms with Gasteiger partial charge in [-0.3, -0.25) is 4.79 Å². The van der Waals surface area contributed by atoms with Crippen LogP contribution in [0.1, 0.15) is 36.1 Å². The second-order valence-electron chi connectivity index (χ2n) is 5.65. The first-order valence-electron chi connectivity index (χ1n) is 7.60. The predicted molar refractivity (Wildman–Crippen MR) is 85.9 cm³/mol. The van der Waals surface area contributed by atoms with Gasteiger partial charge in [-0.2, -0.15) is 0 Å². The molecular formula is C17H19N3O3. The normalized spacial score (nSPS) is 14.6. The van der Waals surface area contributed by atoms with Gasteiger partial charge in [-0.1, -0.05) is 12.1 Å². The molecule has 0 spiro atoms. The van der Waals surface area contributed by atoms with Crippen molar-refractivity contribution in [2.75, 3.05) is 5.32 Å². The molecule has 0 aliphatic carbocycles. The maximum atomic E-state index is 11.9. The first-order chi connectivity index (χ1) is 11.1. The van der Waals surface area contributed by atoms with Crippen LogP contribution in [0.2, 0.25) is 0 Å². The fourth-order valence-electron chi connectivity index (χ4n) is 2.58. The number of rotatable bonds is 4. The summed E-state index contributed by atoms with van der Waals surface area (Å²) in [5.41, 5.74) is 3.90. The highest BCUT2D eigenvalue weighted by atomic mass is 16.3. The number of nitrogens with one attached hydrogen (secondary N) is 3. The highest BCUT2D eigenvalue weighted by molar-refractivity contribution is 5.93. The Balaban J connectivity index is 1.58. The van der Waals surface area contributed by atoms with Gasteiger partial charge in [0.25, 0.3) is 0 Å². The molecule has 6 heteroatoms. The zero-order chi connectivity index (χ0) is 16.2. The van der Waals surface area contributed by atoms with Crippen molar-refractivity contribution < 1.29 is 14.0 Å². The van der Waals surface area contributed by atoms with Crippen molar-refractivity contribution in [3.05, 3.63) is 53.5 Å². The van der Waals surface area contributed by atoms with Crippen LogP contribution in [0.4, 0.5) is 10.5 Å². The average Bonchev–Trinajstić information content (AvgIpc) is 3.05. The monoisotopic (exact) mass is 313 g/mol. The van der Waals surface area contributed by atoms with Gasteiger partial charge in [-0.15, -0.1) is 0 Å². The van der Waals surface area contributed by atoms with Crippen molar-refractivity contribution in [2.45, 2.75) is 32.4 Å². The molecule has 1 aromatic carbocycles. The van der Waals surface area contributed by atoms with Crippen molar-refractivity contribution in [1.29, 1.82) is 0 Å². The minimum Gasteiger partial charge on any atom is -0.472 e. The lowest BCUT2D eigenvalue weighted by molar-refractivity contribution is -0.116. The lowest BCUT2D eigenvalue weighted by atomic mass is 9.98. The van der Waals surface area contributed by atoms with Gasteiger partial charge >= 0.3 is 6.03 Å². The van der Waals surface area contributed by atoms with Gasteiger partial charge in [0.1, 0.15) is 0 Å². The summed E-state index contributed by atoms with van der Waals surface area (Å²) in [5, 5.41) is 8.55. The third-order valence-corrected chi connectivity index (χ3v) is 3.91. The van der Waals surface area contributed by atoms with E-state index < -0.39 is 0 Å². The van der Waals surface area contributed by atoms with Crippen LogP contribution in [-0.4, -0.2) is 11.9 Å². The highest BCUT2D eigenvalue weighted by Gasteiger charge is 2.17. The van der Waals surface area contributed by atoms with E-state index in [1.165, 1.54) is 0 Å². The molecule has 0 radical (unpaired) electrons. The number of hydrogen-bond donors (Lipinski definition) is 3. The van der Waals surface area contributed by atoms with E-state index in [2.05, 4.69) is 16.0 Å². The number of hydrogen-bond acceptors (Lipinski definition) is 3. The number of fused-ring (bicyclic) bond motifs is 1. The molecule has 3 rings (SSSR count). The predicted octanol–water partition coefficient (Wildman–Crippen LogP) is 2.72. The Morgan fingerprint density at radius 3 is 3.00 bits per heavy atom. The SMILES string of the molecule is C[C@H](NC(=O)NCc1ccoc1)c1ccc2c(c1)CCC(=O)N2. The summed E-state index contributed by atoms with van der Waals surface area (Å²) in [6, 6.07) is 7.30. The number of aryl methyl sites for hydroxylation is 1. The van der Waals surface area contributed by atoms with Crippen LogP contribution < -0.4 is 16.0 Å². The molecule has 1 aliphatic heterocycles. The van der Waals surface area contributed by atoms with E-state index in [0.29, 0.717) is 13.0 Å². The van der Waals surface area contributed by atoms with Gasteiger partial charge in [0.15, 0.2) is 0 Å². The lowest BCUT2D eigenvalue weighted by Crippen LogP contribution is -2.36. The van der Waals surface area contributed by atoms with Gasteiger partial charge in [0, 0.05) is 24.2 Å². The van der Waals surface area contributed by atoms with Crippen molar-refractivity contribution in [1.82, 2.24) is 10.6 Å². The molecule has 23 heavy (non-hydrogen) atoms. The van der Waals surface area contributed by atoms with Gasteiger partial charge in [0.2, 0.25) is 5.91 Å². The summed E-state index contributed by atoms with van der Waals surface area (Å²) >= 11 is 0. The molecule has 2 aromatic rings. The zero-order valence-corrected chi connectivity index (χ0v) is 12.9. The Hall–Kier alpha value is -2.76. The quantitative estimate of drug-likeness (QED) is 0.811. The van der Waals surface area contributed by atoms with Crippen LogP contribution >= 0.6 is 0 Å². The van der Waals surface area contributed by atoms with Crippen LogP contribution in [0, 0.1) is 0 Å². The van der Waals surface area contributed by atoms with Gasteiger partial charge in [-0.25, -0.2) is 4.79 Å². The number of benzene rings is 1. The minimum atomic E-state index is -0.232. The molecule has 0 bridgehead atoms. The minimum absolute atomic E-state index is 0.0510. The molecule has 0 saturated carbocycles. The highest BCUT2D eigenvalue weighted by Crippen LogP contribution is 2.26. The molecule has 1 aromatic heterocycles. The van der Waals surface area contributed by atoms with Crippen molar-refractivity contribution in [3.8, 4) is 0 Å². The Morgan fingerprint density at radius 2 is 2.22 bits per heavy atom. The van der Waals surface area contributed by atoms with Crippen molar-refractivity contribution in [2.24, 2.45) is 0 Å². The van der Waals surface area contributed by atoms with Gasteiger partial charge in [0.05, 0.1) is 18.6 Å². The molecule has 2 heterocycles. The molecule has 1 atom stereocenters. The Labute approximate surface area is 134 Å². The van der Waals surface area contributed by atoms with E-state index in [1.807, 2.05) is 31.2 Å². The van der Waals surface area contributed by atoms with Crippen LogP contribution in [0.25, 0.3) is 0 Å². The van der Waals surface area contributed by atoms with Crippen LogP contribution in [0.15, 0.2) is 41.2 Å². The molecular weight excluding hydrogens is 294 g/mol. The first kappa shape index (κ1) is 15.1. The van der Waals surface area contributed by atoms with Crippen molar-refractivity contribution >= 4 is 17.6 Å². The Morgan fingerprint density at radius 1 is 1.35 bits per heavy atom. The topological polar surface area (TPSA) is 83.4 Å². The summed E-state index contributed by atoms with van der Waals surface area (Å²) < 4.78 is 4.96.